The maximum Gasteiger partial charge on any atom is 0.346 e. The van der Waals surface area contributed by atoms with Gasteiger partial charge in [0.1, 0.15) is 11.6 Å². The molecule has 0 saturated heterocycles. The number of aliphatic carboxylic acids is 1. The summed E-state index contributed by atoms with van der Waals surface area (Å²) in [5.74, 6) is -1.79. The number of nitrogens with one attached hydrogen (secondary N) is 1. The van der Waals surface area contributed by atoms with Crippen molar-refractivity contribution in [2.24, 2.45) is 0 Å². The molecule has 0 aliphatic rings. The average Bonchev–Trinajstić information content (AvgIpc) is 2.42. The Bertz CT molecular complexity index is 449. The molecule has 0 heterocycles. The molecule has 0 aliphatic carbocycles. The predicted octanol–water partition coefficient (Wildman–Crippen LogP) is 0.810. The molecule has 1 aromatic rings. The molecule has 6 nitrogen and oxygen atoms in total. The van der Waals surface area contributed by atoms with E-state index in [4.69, 9.17) is 14.6 Å². The van der Waals surface area contributed by atoms with Gasteiger partial charge in [0, 0.05) is 13.5 Å². The third-order valence-corrected chi connectivity index (χ3v) is 2.39. The van der Waals surface area contributed by atoms with E-state index in [1.165, 1.54) is 19.2 Å². The third-order valence-electron chi connectivity index (χ3n) is 2.39. The molecule has 0 fully saturated rings. The summed E-state index contributed by atoms with van der Waals surface area (Å²) in [5.41, 5.74) is 0. The lowest BCUT2D eigenvalue weighted by Gasteiger charge is -2.15. The summed E-state index contributed by atoms with van der Waals surface area (Å²) in [5, 5.41) is 11.4. The van der Waals surface area contributed by atoms with Gasteiger partial charge in [0.2, 0.25) is 12.0 Å². The largest absolute Gasteiger partial charge is 0.478 e. The van der Waals surface area contributed by atoms with Gasteiger partial charge < -0.3 is 19.9 Å². The maximum atomic E-state index is 12.7. The lowest BCUT2D eigenvalue weighted by atomic mass is 10.3. The number of rotatable bonds is 8. The first-order valence-corrected chi connectivity index (χ1v) is 5.93. The Morgan fingerprint density at radius 1 is 1.35 bits per heavy atom. The van der Waals surface area contributed by atoms with Gasteiger partial charge in [-0.3, -0.25) is 4.79 Å². The summed E-state index contributed by atoms with van der Waals surface area (Å²) in [6.45, 7) is 0.0671. The molecule has 0 saturated carbocycles. The van der Waals surface area contributed by atoms with Crippen molar-refractivity contribution in [2.75, 3.05) is 20.3 Å². The minimum absolute atomic E-state index is 0.138. The molecule has 0 aliphatic heterocycles. The molecule has 110 valence electrons. The summed E-state index contributed by atoms with van der Waals surface area (Å²) in [6.07, 6.45) is -1.11. The van der Waals surface area contributed by atoms with Crippen LogP contribution in [0, 0.1) is 5.82 Å². The number of carbonyl (C=O) groups excluding carboxylic acids is 1. The van der Waals surface area contributed by atoms with Crippen molar-refractivity contribution in [3.63, 3.8) is 0 Å². The zero-order valence-corrected chi connectivity index (χ0v) is 11.0. The molecule has 1 rings (SSSR count). The number of amides is 1. The number of carboxylic acids is 1. The van der Waals surface area contributed by atoms with Crippen molar-refractivity contribution in [1.82, 2.24) is 5.32 Å². The van der Waals surface area contributed by atoms with Crippen LogP contribution in [0.2, 0.25) is 0 Å². The third kappa shape index (κ3) is 5.66. The summed E-state index contributed by atoms with van der Waals surface area (Å²) >= 11 is 0. The molecule has 20 heavy (non-hydrogen) atoms. The number of carbonyl (C=O) groups is 2. The van der Waals surface area contributed by atoms with Crippen molar-refractivity contribution in [3.05, 3.63) is 30.1 Å². The second kappa shape index (κ2) is 8.11. The Kier molecular flexibility index (Phi) is 6.45. The molecular weight excluding hydrogens is 269 g/mol. The standard InChI is InChI=1S/C13H16FNO5/c1-19-7-6-12(16)15-8-11(13(17)18)20-10-4-2-9(14)3-5-10/h2-5,11H,6-8H2,1H3,(H,15,16)(H,17,18). The van der Waals surface area contributed by atoms with Crippen LogP contribution in [0.15, 0.2) is 24.3 Å². The smallest absolute Gasteiger partial charge is 0.346 e. The van der Waals surface area contributed by atoms with E-state index in [0.29, 0.717) is 0 Å². The van der Waals surface area contributed by atoms with Crippen molar-refractivity contribution >= 4 is 11.9 Å². The van der Waals surface area contributed by atoms with Crippen LogP contribution in [-0.2, 0) is 14.3 Å². The van der Waals surface area contributed by atoms with Crippen LogP contribution in [-0.4, -0.2) is 43.3 Å². The first-order valence-electron chi connectivity index (χ1n) is 5.93. The van der Waals surface area contributed by atoms with Crippen molar-refractivity contribution in [2.45, 2.75) is 12.5 Å². The summed E-state index contributed by atoms with van der Waals surface area (Å²) in [4.78, 5) is 22.4. The fourth-order valence-electron chi connectivity index (χ4n) is 1.35. The highest BCUT2D eigenvalue weighted by Gasteiger charge is 2.20. The van der Waals surface area contributed by atoms with Crippen LogP contribution in [0.5, 0.6) is 5.75 Å². The van der Waals surface area contributed by atoms with Gasteiger partial charge in [-0.2, -0.15) is 0 Å². The minimum atomic E-state index is -1.24. The van der Waals surface area contributed by atoms with Gasteiger partial charge in [-0.25, -0.2) is 9.18 Å². The van der Waals surface area contributed by atoms with Crippen LogP contribution in [0.1, 0.15) is 6.42 Å². The van der Waals surface area contributed by atoms with Gasteiger partial charge in [0.25, 0.3) is 0 Å². The number of hydrogen-bond acceptors (Lipinski definition) is 4. The molecule has 0 spiro atoms. The summed E-state index contributed by atoms with van der Waals surface area (Å²) in [7, 11) is 1.46. The van der Waals surface area contributed by atoms with Crippen LogP contribution < -0.4 is 10.1 Å². The van der Waals surface area contributed by atoms with Gasteiger partial charge in [0.15, 0.2) is 0 Å². The van der Waals surface area contributed by atoms with E-state index in [-0.39, 0.29) is 31.2 Å². The molecule has 7 heteroatoms. The lowest BCUT2D eigenvalue weighted by Crippen LogP contribution is -2.40. The molecule has 0 bridgehead atoms. The van der Waals surface area contributed by atoms with Crippen molar-refractivity contribution in [3.8, 4) is 5.75 Å². The normalized spacial score (nSPS) is 11.7. The lowest BCUT2D eigenvalue weighted by molar-refractivity contribution is -0.145. The van der Waals surface area contributed by atoms with E-state index in [1.807, 2.05) is 0 Å². The summed E-state index contributed by atoms with van der Waals surface area (Å²) in [6, 6.07) is 4.95. The van der Waals surface area contributed by atoms with Crippen LogP contribution in [0.3, 0.4) is 0 Å². The predicted molar refractivity (Wildman–Crippen MR) is 68.0 cm³/mol. The highest BCUT2D eigenvalue weighted by molar-refractivity contribution is 5.78. The fraction of sp³-hybridized carbons (Fsp3) is 0.385. The number of halogens is 1. The maximum absolute atomic E-state index is 12.7. The van der Waals surface area contributed by atoms with Crippen molar-refractivity contribution < 1.29 is 28.6 Å². The van der Waals surface area contributed by atoms with Gasteiger partial charge in [-0.05, 0) is 24.3 Å². The van der Waals surface area contributed by atoms with E-state index >= 15 is 0 Å². The van der Waals surface area contributed by atoms with Gasteiger partial charge >= 0.3 is 5.97 Å². The van der Waals surface area contributed by atoms with Crippen LogP contribution >= 0.6 is 0 Å². The zero-order valence-electron chi connectivity index (χ0n) is 11.0. The van der Waals surface area contributed by atoms with Gasteiger partial charge in [-0.15, -0.1) is 0 Å². The second-order valence-corrected chi connectivity index (χ2v) is 3.95. The highest BCUT2D eigenvalue weighted by Crippen LogP contribution is 2.13. The van der Waals surface area contributed by atoms with Gasteiger partial charge in [0.05, 0.1) is 13.2 Å². The van der Waals surface area contributed by atoms with Crippen LogP contribution in [0.25, 0.3) is 0 Å². The van der Waals surface area contributed by atoms with E-state index in [0.717, 1.165) is 12.1 Å². The molecular formula is C13H16FNO5. The summed E-state index contributed by atoms with van der Waals surface area (Å²) < 4.78 is 22.6. The minimum Gasteiger partial charge on any atom is -0.478 e. The highest BCUT2D eigenvalue weighted by atomic mass is 19.1. The Labute approximate surface area is 115 Å². The first-order chi connectivity index (χ1) is 9.52. The number of hydrogen-bond donors (Lipinski definition) is 2. The van der Waals surface area contributed by atoms with Crippen LogP contribution in [0.4, 0.5) is 4.39 Å². The Balaban J connectivity index is 2.50. The SMILES string of the molecule is COCCC(=O)NCC(Oc1ccc(F)cc1)C(=O)O. The topological polar surface area (TPSA) is 84.9 Å². The average molecular weight is 285 g/mol. The number of methoxy groups -OCH3 is 1. The quantitative estimate of drug-likeness (QED) is 0.738. The Morgan fingerprint density at radius 3 is 2.55 bits per heavy atom. The molecule has 0 aromatic heterocycles. The second-order valence-electron chi connectivity index (χ2n) is 3.95. The first kappa shape index (κ1) is 15.9. The number of benzene rings is 1. The molecule has 2 N–H and O–H groups in total. The monoisotopic (exact) mass is 285 g/mol. The fourth-order valence-corrected chi connectivity index (χ4v) is 1.35. The molecule has 0 radical (unpaired) electrons. The molecule has 1 unspecified atom stereocenters. The van der Waals surface area contributed by atoms with E-state index in [1.54, 1.807) is 0 Å². The molecule has 1 amide bonds. The van der Waals surface area contributed by atoms with Gasteiger partial charge in [-0.1, -0.05) is 0 Å². The number of ether oxygens (including phenoxy) is 2. The van der Waals surface area contributed by atoms with Crippen molar-refractivity contribution in [1.29, 1.82) is 0 Å². The Hall–Kier alpha value is -2.15. The number of carboxylic acid groups (broad SMARTS) is 1. The molecule has 1 aromatic carbocycles. The molecule has 1 atom stereocenters. The van der Waals surface area contributed by atoms with E-state index in [2.05, 4.69) is 5.32 Å². The Morgan fingerprint density at radius 2 is 2.00 bits per heavy atom. The van der Waals surface area contributed by atoms with E-state index in [9.17, 15) is 14.0 Å². The van der Waals surface area contributed by atoms with E-state index < -0.39 is 17.9 Å². The zero-order chi connectivity index (χ0) is 15.0.